The standard InChI is InChI=1S/C14H10ClFN2/c1-9-14(10-3-2-4-12(16)7-10)17-13-6-5-11(15)8-18(9)13/h2-8H,1H3. The van der Waals surface area contributed by atoms with Gasteiger partial charge >= 0.3 is 0 Å². The maximum atomic E-state index is 13.2. The van der Waals surface area contributed by atoms with E-state index in [1.807, 2.05) is 29.7 Å². The number of aryl methyl sites for hydroxylation is 1. The Morgan fingerprint density at radius 1 is 1.22 bits per heavy atom. The topological polar surface area (TPSA) is 17.3 Å². The molecule has 0 fully saturated rings. The number of imidazole rings is 1. The minimum atomic E-state index is -0.262. The van der Waals surface area contributed by atoms with Crippen molar-refractivity contribution in [2.24, 2.45) is 0 Å². The zero-order chi connectivity index (χ0) is 12.7. The van der Waals surface area contributed by atoms with Crippen molar-refractivity contribution in [1.82, 2.24) is 9.38 Å². The summed E-state index contributed by atoms with van der Waals surface area (Å²) in [6.45, 7) is 1.94. The number of aromatic nitrogens is 2. The molecule has 3 aromatic rings. The number of pyridine rings is 1. The van der Waals surface area contributed by atoms with Gasteiger partial charge in [0.05, 0.1) is 10.7 Å². The van der Waals surface area contributed by atoms with Crippen molar-refractivity contribution >= 4 is 17.2 Å². The van der Waals surface area contributed by atoms with Gasteiger partial charge in [0.2, 0.25) is 0 Å². The van der Waals surface area contributed by atoms with Gasteiger partial charge in [0, 0.05) is 17.5 Å². The molecule has 90 valence electrons. The Kier molecular flexibility index (Phi) is 2.56. The largest absolute Gasteiger partial charge is 0.302 e. The number of hydrogen-bond donors (Lipinski definition) is 0. The fourth-order valence-corrected chi connectivity index (χ4v) is 2.21. The van der Waals surface area contributed by atoms with Gasteiger partial charge in [0.15, 0.2) is 0 Å². The average Bonchev–Trinajstić information content (AvgIpc) is 2.67. The summed E-state index contributed by atoms with van der Waals surface area (Å²) in [5.41, 5.74) is 3.29. The van der Waals surface area contributed by atoms with Crippen LogP contribution in [0, 0.1) is 12.7 Å². The second-order valence-electron chi connectivity index (χ2n) is 4.13. The van der Waals surface area contributed by atoms with Crippen molar-refractivity contribution in [3.05, 3.63) is 59.1 Å². The lowest BCUT2D eigenvalue weighted by Crippen LogP contribution is -1.87. The molecule has 0 aliphatic heterocycles. The maximum Gasteiger partial charge on any atom is 0.137 e. The summed E-state index contributed by atoms with van der Waals surface area (Å²) in [6.07, 6.45) is 1.81. The van der Waals surface area contributed by atoms with Crippen molar-refractivity contribution in [3.8, 4) is 11.3 Å². The van der Waals surface area contributed by atoms with E-state index in [4.69, 9.17) is 11.6 Å². The van der Waals surface area contributed by atoms with Crippen LogP contribution in [0.4, 0.5) is 4.39 Å². The predicted molar refractivity (Wildman–Crippen MR) is 70.3 cm³/mol. The Morgan fingerprint density at radius 2 is 2.06 bits per heavy atom. The molecule has 2 nitrogen and oxygen atoms in total. The molecule has 18 heavy (non-hydrogen) atoms. The van der Waals surface area contributed by atoms with E-state index in [0.717, 1.165) is 22.6 Å². The summed E-state index contributed by atoms with van der Waals surface area (Å²) >= 11 is 5.96. The van der Waals surface area contributed by atoms with Gasteiger partial charge in [0.25, 0.3) is 0 Å². The van der Waals surface area contributed by atoms with Gasteiger partial charge in [-0.15, -0.1) is 0 Å². The highest BCUT2D eigenvalue weighted by Crippen LogP contribution is 2.25. The lowest BCUT2D eigenvalue weighted by molar-refractivity contribution is 0.628. The monoisotopic (exact) mass is 260 g/mol. The smallest absolute Gasteiger partial charge is 0.137 e. The quantitative estimate of drug-likeness (QED) is 0.644. The summed E-state index contributed by atoms with van der Waals surface area (Å²) in [6, 6.07) is 10.1. The lowest BCUT2D eigenvalue weighted by Gasteiger charge is -1.99. The van der Waals surface area contributed by atoms with Crippen LogP contribution in [0.25, 0.3) is 16.9 Å². The third kappa shape index (κ3) is 1.77. The summed E-state index contributed by atoms with van der Waals surface area (Å²) in [5, 5.41) is 0.647. The van der Waals surface area contributed by atoms with Gasteiger partial charge in [0.1, 0.15) is 11.5 Å². The van der Waals surface area contributed by atoms with Crippen molar-refractivity contribution in [3.63, 3.8) is 0 Å². The third-order valence-corrected chi connectivity index (χ3v) is 3.14. The molecule has 1 aromatic carbocycles. The van der Waals surface area contributed by atoms with Crippen LogP contribution in [-0.4, -0.2) is 9.38 Å². The molecule has 0 atom stereocenters. The van der Waals surface area contributed by atoms with E-state index in [0.29, 0.717) is 5.02 Å². The summed E-state index contributed by atoms with van der Waals surface area (Å²) in [4.78, 5) is 4.50. The Morgan fingerprint density at radius 3 is 2.83 bits per heavy atom. The van der Waals surface area contributed by atoms with Crippen LogP contribution in [0.5, 0.6) is 0 Å². The predicted octanol–water partition coefficient (Wildman–Crippen LogP) is 4.10. The minimum absolute atomic E-state index is 0.262. The fraction of sp³-hybridized carbons (Fsp3) is 0.0714. The van der Waals surface area contributed by atoms with E-state index in [9.17, 15) is 4.39 Å². The molecule has 0 saturated heterocycles. The molecule has 0 N–H and O–H groups in total. The first-order chi connectivity index (χ1) is 8.65. The highest BCUT2D eigenvalue weighted by molar-refractivity contribution is 6.30. The van der Waals surface area contributed by atoms with Crippen molar-refractivity contribution in [2.45, 2.75) is 6.92 Å². The third-order valence-electron chi connectivity index (χ3n) is 2.92. The normalized spacial score (nSPS) is 11.1. The zero-order valence-electron chi connectivity index (χ0n) is 9.69. The molecule has 2 heterocycles. The molecular weight excluding hydrogens is 251 g/mol. The first kappa shape index (κ1) is 11.2. The zero-order valence-corrected chi connectivity index (χ0v) is 10.4. The van der Waals surface area contributed by atoms with Crippen LogP contribution in [0.1, 0.15) is 5.69 Å². The molecule has 2 aromatic heterocycles. The first-order valence-corrected chi connectivity index (χ1v) is 5.93. The van der Waals surface area contributed by atoms with Gasteiger partial charge in [-0.3, -0.25) is 0 Å². The summed E-state index contributed by atoms with van der Waals surface area (Å²) in [7, 11) is 0. The molecule has 0 unspecified atom stereocenters. The van der Waals surface area contributed by atoms with Crippen LogP contribution >= 0.6 is 11.6 Å². The first-order valence-electron chi connectivity index (χ1n) is 5.55. The fourth-order valence-electron chi connectivity index (χ4n) is 2.05. The van der Waals surface area contributed by atoms with Gasteiger partial charge in [-0.2, -0.15) is 0 Å². The molecule has 4 heteroatoms. The van der Waals surface area contributed by atoms with Gasteiger partial charge in [-0.1, -0.05) is 23.7 Å². The molecule has 3 rings (SSSR count). The molecule has 0 aliphatic rings. The molecule has 0 spiro atoms. The number of hydrogen-bond acceptors (Lipinski definition) is 1. The second kappa shape index (κ2) is 4.10. The highest BCUT2D eigenvalue weighted by Gasteiger charge is 2.10. The van der Waals surface area contributed by atoms with E-state index >= 15 is 0 Å². The number of nitrogens with zero attached hydrogens (tertiary/aromatic N) is 2. The van der Waals surface area contributed by atoms with Crippen molar-refractivity contribution < 1.29 is 4.39 Å². The van der Waals surface area contributed by atoms with E-state index in [1.165, 1.54) is 12.1 Å². The molecule has 0 aliphatic carbocycles. The lowest BCUT2D eigenvalue weighted by atomic mass is 10.1. The molecule has 0 amide bonds. The number of rotatable bonds is 1. The van der Waals surface area contributed by atoms with Crippen LogP contribution in [0.3, 0.4) is 0 Å². The number of benzene rings is 1. The van der Waals surface area contributed by atoms with Crippen molar-refractivity contribution in [2.75, 3.05) is 0 Å². The second-order valence-corrected chi connectivity index (χ2v) is 4.57. The van der Waals surface area contributed by atoms with Gasteiger partial charge in [-0.25, -0.2) is 9.37 Å². The minimum Gasteiger partial charge on any atom is -0.302 e. The number of halogens is 2. The number of fused-ring (bicyclic) bond motifs is 1. The van der Waals surface area contributed by atoms with E-state index in [1.54, 1.807) is 12.1 Å². The average molecular weight is 261 g/mol. The van der Waals surface area contributed by atoms with E-state index in [-0.39, 0.29) is 5.82 Å². The summed E-state index contributed by atoms with van der Waals surface area (Å²) in [5.74, 6) is -0.262. The maximum absolute atomic E-state index is 13.2. The van der Waals surface area contributed by atoms with Crippen molar-refractivity contribution in [1.29, 1.82) is 0 Å². The van der Waals surface area contributed by atoms with Crippen LogP contribution in [0.15, 0.2) is 42.6 Å². The Hall–Kier alpha value is -1.87. The highest BCUT2D eigenvalue weighted by atomic mass is 35.5. The van der Waals surface area contributed by atoms with Crippen LogP contribution in [0.2, 0.25) is 5.02 Å². The van der Waals surface area contributed by atoms with E-state index in [2.05, 4.69) is 4.98 Å². The van der Waals surface area contributed by atoms with E-state index < -0.39 is 0 Å². The Balaban J connectivity index is 2.27. The molecule has 0 bridgehead atoms. The summed E-state index contributed by atoms with van der Waals surface area (Å²) < 4.78 is 15.2. The molecular formula is C14H10ClFN2. The molecule has 0 saturated carbocycles. The van der Waals surface area contributed by atoms with Crippen LogP contribution < -0.4 is 0 Å². The van der Waals surface area contributed by atoms with Crippen LogP contribution in [-0.2, 0) is 0 Å². The molecule has 0 radical (unpaired) electrons. The van der Waals surface area contributed by atoms with Gasteiger partial charge < -0.3 is 4.40 Å². The van der Waals surface area contributed by atoms with Gasteiger partial charge in [-0.05, 0) is 31.2 Å². The Bertz CT molecular complexity index is 734. The SMILES string of the molecule is Cc1c(-c2cccc(F)c2)nc2ccc(Cl)cn12. The Labute approximate surface area is 109 Å².